The Balaban J connectivity index is 2.05. The maximum Gasteiger partial charge on any atom is 0.515 e. The Kier molecular flexibility index (Phi) is 5.86. The molecule has 0 aliphatic carbocycles. The third-order valence-electron chi connectivity index (χ3n) is 3.39. The summed E-state index contributed by atoms with van der Waals surface area (Å²) in [5.41, 5.74) is 0.859. The minimum Gasteiger partial charge on any atom is -0.495 e. The van der Waals surface area contributed by atoms with Crippen molar-refractivity contribution in [3.8, 4) is 11.5 Å². The Hall–Kier alpha value is -2.69. The van der Waals surface area contributed by atoms with Gasteiger partial charge in [0, 0.05) is 6.54 Å². The molecule has 5 heteroatoms. The molecule has 0 amide bonds. The van der Waals surface area contributed by atoms with Crippen molar-refractivity contribution in [1.29, 1.82) is 0 Å². The normalized spacial score (nSPS) is 11.4. The number of methoxy groups -OCH3 is 1. The minimum absolute atomic E-state index is 0.449. The third kappa shape index (κ3) is 4.39. The molecule has 0 heterocycles. The van der Waals surface area contributed by atoms with Gasteiger partial charge in [-0.2, -0.15) is 0 Å². The van der Waals surface area contributed by atoms with Crippen LogP contribution in [0.4, 0.5) is 10.5 Å². The summed E-state index contributed by atoms with van der Waals surface area (Å²) in [5, 5.41) is 0. The average Bonchev–Trinajstić information content (AvgIpc) is 2.56. The van der Waals surface area contributed by atoms with E-state index in [4.69, 9.17) is 14.2 Å². The largest absolute Gasteiger partial charge is 0.515 e. The molecule has 0 aromatic heterocycles. The molecule has 5 nitrogen and oxygen atoms in total. The van der Waals surface area contributed by atoms with Gasteiger partial charge in [-0.05, 0) is 38.1 Å². The Morgan fingerprint density at radius 3 is 2.39 bits per heavy atom. The Morgan fingerprint density at radius 1 is 1.09 bits per heavy atom. The van der Waals surface area contributed by atoms with Gasteiger partial charge in [-0.1, -0.05) is 30.3 Å². The van der Waals surface area contributed by atoms with E-state index in [0.717, 1.165) is 11.4 Å². The summed E-state index contributed by atoms with van der Waals surface area (Å²) in [6.45, 7) is 4.43. The number of carbonyl (C=O) groups excluding carboxylic acids is 1. The lowest BCUT2D eigenvalue weighted by Gasteiger charge is -2.30. The second kappa shape index (κ2) is 8.08. The molecule has 0 radical (unpaired) electrons. The van der Waals surface area contributed by atoms with Gasteiger partial charge in [0.15, 0.2) is 6.23 Å². The quantitative estimate of drug-likeness (QED) is 0.456. The van der Waals surface area contributed by atoms with Crippen LogP contribution in [0.2, 0.25) is 0 Å². The third-order valence-corrected chi connectivity index (χ3v) is 3.39. The number of hydrogen-bond donors (Lipinski definition) is 0. The van der Waals surface area contributed by atoms with Gasteiger partial charge in [0.2, 0.25) is 0 Å². The molecule has 0 aliphatic rings. The van der Waals surface area contributed by atoms with Gasteiger partial charge >= 0.3 is 6.16 Å². The van der Waals surface area contributed by atoms with E-state index in [0.29, 0.717) is 12.3 Å². The zero-order valence-electron chi connectivity index (χ0n) is 13.6. The molecule has 0 aliphatic heterocycles. The van der Waals surface area contributed by atoms with Crippen LogP contribution in [0.25, 0.3) is 0 Å². The van der Waals surface area contributed by atoms with E-state index < -0.39 is 12.4 Å². The standard InChI is InChI=1S/C18H21NO4/c1-4-19(16-12-8-9-13-17(16)21-3)14(2)22-18(20)23-15-10-6-5-7-11-15/h5-14H,4H2,1-3H3. The highest BCUT2D eigenvalue weighted by molar-refractivity contribution is 5.65. The minimum atomic E-state index is -0.739. The highest BCUT2D eigenvalue weighted by atomic mass is 16.7. The number of anilines is 1. The lowest BCUT2D eigenvalue weighted by molar-refractivity contribution is 0.0643. The van der Waals surface area contributed by atoms with Crippen LogP contribution in [-0.4, -0.2) is 26.0 Å². The molecule has 2 rings (SSSR count). The predicted octanol–water partition coefficient (Wildman–Crippen LogP) is 4.08. The molecule has 2 aromatic carbocycles. The van der Waals surface area contributed by atoms with Crippen LogP contribution in [0.1, 0.15) is 13.8 Å². The molecule has 1 unspecified atom stereocenters. The van der Waals surface area contributed by atoms with E-state index >= 15 is 0 Å². The van der Waals surface area contributed by atoms with Crippen molar-refractivity contribution in [1.82, 2.24) is 0 Å². The number of hydrogen-bond acceptors (Lipinski definition) is 5. The lowest BCUT2D eigenvalue weighted by Crippen LogP contribution is -2.37. The smallest absolute Gasteiger partial charge is 0.495 e. The van der Waals surface area contributed by atoms with Gasteiger partial charge in [-0.15, -0.1) is 0 Å². The van der Waals surface area contributed by atoms with Gasteiger partial charge in [-0.3, -0.25) is 0 Å². The van der Waals surface area contributed by atoms with Crippen molar-refractivity contribution in [3.05, 3.63) is 54.6 Å². The predicted molar refractivity (Wildman–Crippen MR) is 89.0 cm³/mol. The molecule has 23 heavy (non-hydrogen) atoms. The van der Waals surface area contributed by atoms with E-state index in [1.165, 1.54) is 0 Å². The molecule has 0 bridgehead atoms. The Bertz CT molecular complexity index is 630. The fraction of sp³-hybridized carbons (Fsp3) is 0.278. The number of ether oxygens (including phenoxy) is 3. The first-order chi connectivity index (χ1) is 11.2. The van der Waals surface area contributed by atoms with E-state index in [2.05, 4.69) is 0 Å². The monoisotopic (exact) mass is 315 g/mol. The molecule has 122 valence electrons. The fourth-order valence-corrected chi connectivity index (χ4v) is 2.30. The summed E-state index contributed by atoms with van der Waals surface area (Å²) in [7, 11) is 1.61. The van der Waals surface area contributed by atoms with Gasteiger partial charge in [0.1, 0.15) is 11.5 Å². The first-order valence-corrected chi connectivity index (χ1v) is 7.49. The first kappa shape index (κ1) is 16.7. The number of rotatable bonds is 6. The van der Waals surface area contributed by atoms with Crippen molar-refractivity contribution in [3.63, 3.8) is 0 Å². The molecule has 0 N–H and O–H groups in total. The van der Waals surface area contributed by atoms with Crippen LogP contribution < -0.4 is 14.4 Å². The number of nitrogens with zero attached hydrogens (tertiary/aromatic N) is 1. The molecule has 2 aromatic rings. The summed E-state index contributed by atoms with van der Waals surface area (Å²) >= 11 is 0. The molecular formula is C18H21NO4. The highest BCUT2D eigenvalue weighted by Crippen LogP contribution is 2.29. The van der Waals surface area contributed by atoms with Gasteiger partial charge < -0.3 is 19.1 Å². The van der Waals surface area contributed by atoms with E-state index in [9.17, 15) is 4.79 Å². The summed E-state index contributed by atoms with van der Waals surface area (Å²) in [5.74, 6) is 1.17. The SMILES string of the molecule is CCN(c1ccccc1OC)C(C)OC(=O)Oc1ccccc1. The van der Waals surface area contributed by atoms with Gasteiger partial charge in [0.25, 0.3) is 0 Å². The van der Waals surface area contributed by atoms with Crippen LogP contribution in [0, 0.1) is 0 Å². The molecule has 0 saturated carbocycles. The molecule has 0 fully saturated rings. The van der Waals surface area contributed by atoms with Crippen molar-refractivity contribution < 1.29 is 19.0 Å². The van der Waals surface area contributed by atoms with Crippen LogP contribution in [0.5, 0.6) is 11.5 Å². The molecule has 1 atom stereocenters. The van der Waals surface area contributed by atoms with Crippen molar-refractivity contribution in [2.24, 2.45) is 0 Å². The van der Waals surface area contributed by atoms with Crippen LogP contribution in [0.15, 0.2) is 54.6 Å². The lowest BCUT2D eigenvalue weighted by atomic mass is 10.2. The summed E-state index contributed by atoms with van der Waals surface area (Å²) in [6, 6.07) is 16.4. The highest BCUT2D eigenvalue weighted by Gasteiger charge is 2.20. The first-order valence-electron chi connectivity index (χ1n) is 7.49. The van der Waals surface area contributed by atoms with Crippen LogP contribution in [0.3, 0.4) is 0 Å². The number of carbonyl (C=O) groups is 1. The summed E-state index contributed by atoms with van der Waals surface area (Å²) < 4.78 is 15.9. The Labute approximate surface area is 136 Å². The zero-order chi connectivity index (χ0) is 16.7. The van der Waals surface area contributed by atoms with Crippen molar-refractivity contribution >= 4 is 11.8 Å². The fourth-order valence-electron chi connectivity index (χ4n) is 2.30. The van der Waals surface area contributed by atoms with E-state index in [1.54, 1.807) is 38.3 Å². The second-order valence-electron chi connectivity index (χ2n) is 4.84. The maximum atomic E-state index is 11.9. The van der Waals surface area contributed by atoms with E-state index in [-0.39, 0.29) is 0 Å². The molecule has 0 saturated heterocycles. The molecular weight excluding hydrogens is 294 g/mol. The second-order valence-corrected chi connectivity index (χ2v) is 4.84. The molecule has 0 spiro atoms. The summed E-state index contributed by atoms with van der Waals surface area (Å²) in [6.07, 6.45) is -1.23. The van der Waals surface area contributed by atoms with E-state index in [1.807, 2.05) is 42.2 Å². The topological polar surface area (TPSA) is 48.0 Å². The van der Waals surface area contributed by atoms with Crippen LogP contribution >= 0.6 is 0 Å². The number of benzene rings is 2. The zero-order valence-corrected chi connectivity index (χ0v) is 13.6. The number of para-hydroxylation sites is 3. The van der Waals surface area contributed by atoms with Crippen LogP contribution in [-0.2, 0) is 4.74 Å². The summed E-state index contributed by atoms with van der Waals surface area (Å²) in [4.78, 5) is 13.8. The van der Waals surface area contributed by atoms with Crippen molar-refractivity contribution in [2.75, 3.05) is 18.6 Å². The Morgan fingerprint density at radius 2 is 1.74 bits per heavy atom. The van der Waals surface area contributed by atoms with Gasteiger partial charge in [0.05, 0.1) is 12.8 Å². The average molecular weight is 315 g/mol. The van der Waals surface area contributed by atoms with Crippen molar-refractivity contribution in [2.45, 2.75) is 20.1 Å². The maximum absolute atomic E-state index is 11.9. The van der Waals surface area contributed by atoms with Gasteiger partial charge in [-0.25, -0.2) is 4.79 Å².